The van der Waals surface area contributed by atoms with E-state index in [9.17, 15) is 27.6 Å². The molecule has 11 heteroatoms. The number of benzene rings is 2. The number of hydrogen-bond donors (Lipinski definition) is 3. The molecule has 1 heterocycles. The minimum atomic E-state index is -5.25. The van der Waals surface area contributed by atoms with E-state index in [-0.39, 0.29) is 25.6 Å². The van der Waals surface area contributed by atoms with Crippen LogP contribution in [0.15, 0.2) is 48.5 Å². The Labute approximate surface area is 198 Å². The smallest absolute Gasteiger partial charge is 0.422 e. The van der Waals surface area contributed by atoms with Crippen molar-refractivity contribution in [3.05, 3.63) is 59.7 Å². The molecule has 2 aromatic rings. The molecule has 2 aliphatic rings. The van der Waals surface area contributed by atoms with Crippen LogP contribution in [0, 0.1) is 0 Å². The Bertz CT molecular complexity index is 1110. The van der Waals surface area contributed by atoms with E-state index in [1.807, 2.05) is 48.5 Å². The second-order valence-corrected chi connectivity index (χ2v) is 8.57. The summed E-state index contributed by atoms with van der Waals surface area (Å²) in [4.78, 5) is 36.2. The average Bonchev–Trinajstić information content (AvgIpc) is 3.39. The Morgan fingerprint density at radius 2 is 1.63 bits per heavy atom. The molecule has 0 aromatic heterocycles. The van der Waals surface area contributed by atoms with Gasteiger partial charge in [0.2, 0.25) is 5.54 Å². The van der Waals surface area contributed by atoms with E-state index in [1.165, 1.54) is 5.32 Å². The fourth-order valence-electron chi connectivity index (χ4n) is 4.35. The van der Waals surface area contributed by atoms with Crippen molar-refractivity contribution < 1.29 is 42.1 Å². The van der Waals surface area contributed by atoms with E-state index in [0.717, 1.165) is 22.3 Å². The topological polar surface area (TPSA) is 114 Å². The number of halogens is 3. The summed E-state index contributed by atoms with van der Waals surface area (Å²) in [5.41, 5.74) is 0.587. The Balaban J connectivity index is 1.40. The van der Waals surface area contributed by atoms with Crippen LogP contribution in [-0.2, 0) is 19.1 Å². The van der Waals surface area contributed by atoms with Crippen LogP contribution in [0.25, 0.3) is 11.1 Å². The average molecular weight is 492 g/mol. The Hall–Kier alpha value is -3.60. The highest BCUT2D eigenvalue weighted by Crippen LogP contribution is 2.44. The number of alkyl halides is 3. The third-order valence-corrected chi connectivity index (χ3v) is 6.36. The number of carboxylic acid groups (broad SMARTS) is 1. The highest BCUT2D eigenvalue weighted by molar-refractivity contribution is 5.90. The van der Waals surface area contributed by atoms with Gasteiger partial charge in [-0.05, 0) is 35.6 Å². The van der Waals surface area contributed by atoms with E-state index < -0.39 is 41.8 Å². The molecule has 186 valence electrons. The van der Waals surface area contributed by atoms with Gasteiger partial charge in [0.15, 0.2) is 6.10 Å². The van der Waals surface area contributed by atoms with Crippen molar-refractivity contribution in [3.63, 3.8) is 0 Å². The first kappa shape index (κ1) is 24.5. The van der Waals surface area contributed by atoms with Gasteiger partial charge in [0, 0.05) is 12.5 Å². The van der Waals surface area contributed by atoms with Gasteiger partial charge < -0.3 is 25.2 Å². The lowest BCUT2D eigenvalue weighted by Crippen LogP contribution is -2.64. The number of aliphatic carboxylic acids is 1. The summed E-state index contributed by atoms with van der Waals surface area (Å²) >= 11 is 0. The summed E-state index contributed by atoms with van der Waals surface area (Å²) in [5, 5.41) is 13.0. The summed E-state index contributed by atoms with van der Waals surface area (Å²) in [6.45, 7) is 0.341. The summed E-state index contributed by atoms with van der Waals surface area (Å²) < 4.78 is 50.3. The number of hydrogen-bond acceptors (Lipinski definition) is 5. The van der Waals surface area contributed by atoms with Crippen LogP contribution in [0.3, 0.4) is 0 Å². The highest BCUT2D eigenvalue weighted by Gasteiger charge is 2.59. The van der Waals surface area contributed by atoms with Gasteiger partial charge in [-0.1, -0.05) is 48.5 Å². The lowest BCUT2D eigenvalue weighted by molar-refractivity contribution is -0.208. The molecule has 0 spiro atoms. The molecule has 3 N–H and O–H groups in total. The van der Waals surface area contributed by atoms with Crippen molar-refractivity contribution in [1.29, 1.82) is 0 Å². The number of rotatable bonds is 6. The zero-order valence-electron chi connectivity index (χ0n) is 18.6. The molecule has 8 nitrogen and oxygen atoms in total. The van der Waals surface area contributed by atoms with Gasteiger partial charge in [0.25, 0.3) is 5.91 Å². The van der Waals surface area contributed by atoms with Gasteiger partial charge in [-0.2, -0.15) is 13.2 Å². The van der Waals surface area contributed by atoms with Crippen LogP contribution in [0.1, 0.15) is 30.4 Å². The maximum atomic E-state index is 13.2. The molecule has 35 heavy (non-hydrogen) atoms. The van der Waals surface area contributed by atoms with Crippen LogP contribution in [0.2, 0.25) is 0 Å². The monoisotopic (exact) mass is 492 g/mol. The van der Waals surface area contributed by atoms with Crippen LogP contribution >= 0.6 is 0 Å². The molecule has 2 aromatic carbocycles. The molecule has 0 saturated carbocycles. The number of carbonyl (C=O) groups excluding carboxylic acids is 2. The number of fused-ring (bicyclic) bond motifs is 3. The Morgan fingerprint density at radius 1 is 1.06 bits per heavy atom. The van der Waals surface area contributed by atoms with Crippen molar-refractivity contribution >= 4 is 18.0 Å². The standard InChI is InChI=1S/C24H23F3N2O6/c1-23(21(31)32,24(25,26)27)29-20(30)19-18(10-11-34-19)28-22(33)35-12-17-15-8-4-2-6-13(15)14-7-3-5-9-16(14)17/h2-9,17-19H,10-12H2,1H3,(H,28,33)(H,29,30)(H,31,32). The quantitative estimate of drug-likeness (QED) is 0.571. The van der Waals surface area contributed by atoms with Gasteiger partial charge >= 0.3 is 18.2 Å². The van der Waals surface area contributed by atoms with Crippen molar-refractivity contribution in [2.45, 2.75) is 43.1 Å². The zero-order valence-corrected chi connectivity index (χ0v) is 18.6. The lowest BCUT2D eigenvalue weighted by Gasteiger charge is -2.30. The van der Waals surface area contributed by atoms with Gasteiger partial charge in [-0.3, -0.25) is 4.79 Å². The minimum absolute atomic E-state index is 0.00938. The SMILES string of the molecule is CC(NC(=O)C1OCCC1NC(=O)OCC1c2ccccc2-c2ccccc21)(C(=O)O)C(F)(F)F. The summed E-state index contributed by atoms with van der Waals surface area (Å²) in [6.07, 6.45) is -7.48. The third kappa shape index (κ3) is 4.55. The molecule has 2 amide bonds. The number of alkyl carbamates (subject to hydrolysis) is 1. The van der Waals surface area contributed by atoms with E-state index in [2.05, 4.69) is 5.32 Å². The summed E-state index contributed by atoms with van der Waals surface area (Å²) in [6, 6.07) is 14.5. The maximum absolute atomic E-state index is 13.2. The van der Waals surface area contributed by atoms with Crippen LogP contribution in [-0.4, -0.2) is 60.2 Å². The molecule has 0 bridgehead atoms. The lowest BCUT2D eigenvalue weighted by atomic mass is 9.98. The zero-order chi connectivity index (χ0) is 25.4. The molecule has 1 saturated heterocycles. The fraction of sp³-hybridized carbons (Fsp3) is 0.375. The van der Waals surface area contributed by atoms with E-state index in [1.54, 1.807) is 0 Å². The predicted octanol–water partition coefficient (Wildman–Crippen LogP) is 3.20. The number of nitrogens with one attached hydrogen (secondary N) is 2. The first-order valence-electron chi connectivity index (χ1n) is 10.9. The van der Waals surface area contributed by atoms with Gasteiger partial charge in [-0.25, -0.2) is 9.59 Å². The number of ether oxygens (including phenoxy) is 2. The van der Waals surface area contributed by atoms with Crippen LogP contribution in [0.5, 0.6) is 0 Å². The molecule has 1 aliphatic carbocycles. The molecule has 3 unspecified atom stereocenters. The van der Waals surface area contributed by atoms with Gasteiger partial charge in [-0.15, -0.1) is 0 Å². The van der Waals surface area contributed by atoms with Gasteiger partial charge in [0.1, 0.15) is 6.61 Å². The fourth-order valence-corrected chi connectivity index (χ4v) is 4.35. The minimum Gasteiger partial charge on any atom is -0.479 e. The van der Waals surface area contributed by atoms with Crippen LogP contribution < -0.4 is 10.6 Å². The number of carbonyl (C=O) groups is 3. The normalized spacial score (nSPS) is 20.9. The van der Waals surface area contributed by atoms with Crippen molar-refractivity contribution in [2.24, 2.45) is 0 Å². The van der Waals surface area contributed by atoms with Crippen molar-refractivity contribution in [3.8, 4) is 11.1 Å². The third-order valence-electron chi connectivity index (χ3n) is 6.36. The molecular weight excluding hydrogens is 469 g/mol. The predicted molar refractivity (Wildman–Crippen MR) is 117 cm³/mol. The molecule has 1 aliphatic heterocycles. The highest BCUT2D eigenvalue weighted by atomic mass is 19.4. The van der Waals surface area contributed by atoms with Crippen molar-refractivity contribution in [1.82, 2.24) is 10.6 Å². The number of carboxylic acids is 1. The maximum Gasteiger partial charge on any atom is 0.422 e. The largest absolute Gasteiger partial charge is 0.479 e. The van der Waals surface area contributed by atoms with Crippen LogP contribution in [0.4, 0.5) is 18.0 Å². The first-order chi connectivity index (χ1) is 16.5. The Morgan fingerprint density at radius 3 is 2.17 bits per heavy atom. The second kappa shape index (κ2) is 9.21. The summed E-state index contributed by atoms with van der Waals surface area (Å²) in [7, 11) is 0. The Kier molecular flexibility index (Phi) is 6.46. The molecule has 3 atom stereocenters. The first-order valence-corrected chi connectivity index (χ1v) is 10.9. The molecule has 0 radical (unpaired) electrons. The molecular formula is C24H23F3N2O6. The second-order valence-electron chi connectivity index (χ2n) is 8.57. The summed E-state index contributed by atoms with van der Waals surface area (Å²) in [5.74, 6) is -3.76. The van der Waals surface area contributed by atoms with E-state index in [4.69, 9.17) is 14.6 Å². The van der Waals surface area contributed by atoms with Crippen molar-refractivity contribution in [2.75, 3.05) is 13.2 Å². The molecule has 4 rings (SSSR count). The molecule has 1 fully saturated rings. The van der Waals surface area contributed by atoms with E-state index >= 15 is 0 Å². The van der Waals surface area contributed by atoms with Gasteiger partial charge in [0.05, 0.1) is 6.04 Å². The number of amides is 2. The van der Waals surface area contributed by atoms with E-state index in [0.29, 0.717) is 6.92 Å².